The summed E-state index contributed by atoms with van der Waals surface area (Å²) < 4.78 is 1.69. The minimum Gasteiger partial charge on any atom is -0.338 e. The molecule has 0 aromatic carbocycles. The maximum Gasteiger partial charge on any atom is 0.242 e. The van der Waals surface area contributed by atoms with Gasteiger partial charge in [-0.1, -0.05) is 0 Å². The number of hydrogen-bond donors (Lipinski definition) is 0. The zero-order valence-corrected chi connectivity index (χ0v) is 9.43. The van der Waals surface area contributed by atoms with E-state index in [0.29, 0.717) is 11.7 Å². The van der Waals surface area contributed by atoms with Crippen molar-refractivity contribution < 1.29 is 9.59 Å². The summed E-state index contributed by atoms with van der Waals surface area (Å²) in [5, 5.41) is 0. The number of carbonyl (C=O) groups excluding carboxylic acids is 2. The molecule has 1 aromatic rings. The molecular weight excluding hydrogens is 204 g/mol. The van der Waals surface area contributed by atoms with Crippen molar-refractivity contribution in [2.24, 2.45) is 0 Å². The fourth-order valence-corrected chi connectivity index (χ4v) is 1.94. The lowest BCUT2D eigenvalue weighted by molar-refractivity contribution is -0.132. The van der Waals surface area contributed by atoms with E-state index in [1.165, 1.54) is 0 Å². The summed E-state index contributed by atoms with van der Waals surface area (Å²) in [5.74, 6) is 0.101. The molecule has 1 heterocycles. The van der Waals surface area contributed by atoms with Crippen molar-refractivity contribution in [3.8, 4) is 0 Å². The Kier molecular flexibility index (Phi) is 3.08. The van der Waals surface area contributed by atoms with E-state index in [4.69, 9.17) is 0 Å². The van der Waals surface area contributed by atoms with E-state index in [1.807, 2.05) is 11.8 Å². The molecule has 1 fully saturated rings. The first-order valence-electron chi connectivity index (χ1n) is 5.66. The van der Waals surface area contributed by atoms with Gasteiger partial charge >= 0.3 is 0 Å². The Hall–Kier alpha value is -1.58. The van der Waals surface area contributed by atoms with Crippen LogP contribution >= 0.6 is 0 Å². The summed E-state index contributed by atoms with van der Waals surface area (Å²) >= 11 is 0. The molecule has 16 heavy (non-hydrogen) atoms. The fraction of sp³-hybridized carbons (Fsp3) is 0.500. The molecule has 1 aliphatic rings. The number of carbonyl (C=O) groups is 2. The van der Waals surface area contributed by atoms with Crippen molar-refractivity contribution in [3.63, 3.8) is 0 Å². The summed E-state index contributed by atoms with van der Waals surface area (Å²) in [6.07, 6.45) is 4.78. The van der Waals surface area contributed by atoms with Crippen LogP contribution in [0.2, 0.25) is 0 Å². The van der Waals surface area contributed by atoms with Crippen molar-refractivity contribution in [2.45, 2.75) is 32.4 Å². The molecule has 0 aliphatic heterocycles. The highest BCUT2D eigenvalue weighted by Gasteiger charge is 2.31. The molecule has 1 aromatic heterocycles. The molecule has 1 aliphatic carbocycles. The zero-order valence-electron chi connectivity index (χ0n) is 9.43. The van der Waals surface area contributed by atoms with Crippen LogP contribution in [0.4, 0.5) is 0 Å². The van der Waals surface area contributed by atoms with Crippen LogP contribution in [0.15, 0.2) is 18.3 Å². The number of hydrogen-bond acceptors (Lipinski definition) is 2. The van der Waals surface area contributed by atoms with E-state index in [-0.39, 0.29) is 12.5 Å². The van der Waals surface area contributed by atoms with Crippen LogP contribution in [0, 0.1) is 0 Å². The first kappa shape index (κ1) is 10.9. The predicted octanol–water partition coefficient (Wildman–Crippen LogP) is 1.31. The molecule has 0 radical (unpaired) electrons. The van der Waals surface area contributed by atoms with Gasteiger partial charge in [-0.05, 0) is 31.9 Å². The van der Waals surface area contributed by atoms with Gasteiger partial charge in [0.1, 0.15) is 6.54 Å². The highest BCUT2D eigenvalue weighted by Crippen LogP contribution is 2.26. The van der Waals surface area contributed by atoms with Gasteiger partial charge in [0.25, 0.3) is 0 Å². The third kappa shape index (κ3) is 2.15. The van der Waals surface area contributed by atoms with Gasteiger partial charge in [0, 0.05) is 18.8 Å². The molecule has 0 N–H and O–H groups in total. The second-order valence-corrected chi connectivity index (χ2v) is 4.09. The Morgan fingerprint density at radius 2 is 2.38 bits per heavy atom. The first-order valence-corrected chi connectivity index (χ1v) is 5.66. The maximum atomic E-state index is 12.0. The van der Waals surface area contributed by atoms with Crippen LogP contribution in [-0.2, 0) is 11.3 Å². The monoisotopic (exact) mass is 220 g/mol. The van der Waals surface area contributed by atoms with Gasteiger partial charge in [-0.2, -0.15) is 0 Å². The van der Waals surface area contributed by atoms with Crippen LogP contribution in [0.25, 0.3) is 0 Å². The Bertz CT molecular complexity index is 393. The van der Waals surface area contributed by atoms with E-state index in [2.05, 4.69) is 0 Å². The quantitative estimate of drug-likeness (QED) is 0.702. The SMILES string of the molecule is CCN(C(=O)Cn1cccc1C=O)C1CC1. The number of amides is 1. The van der Waals surface area contributed by atoms with Crippen LogP contribution < -0.4 is 0 Å². The molecule has 1 saturated carbocycles. The summed E-state index contributed by atoms with van der Waals surface area (Å²) in [5.41, 5.74) is 0.556. The molecule has 2 rings (SSSR count). The highest BCUT2D eigenvalue weighted by molar-refractivity contribution is 5.79. The van der Waals surface area contributed by atoms with Crippen LogP contribution in [0.3, 0.4) is 0 Å². The lowest BCUT2D eigenvalue weighted by Crippen LogP contribution is -2.35. The third-order valence-electron chi connectivity index (χ3n) is 2.94. The normalized spacial score (nSPS) is 14.8. The second kappa shape index (κ2) is 4.51. The van der Waals surface area contributed by atoms with Crippen LogP contribution in [0.5, 0.6) is 0 Å². The van der Waals surface area contributed by atoms with Gasteiger partial charge in [-0.3, -0.25) is 9.59 Å². The average Bonchev–Trinajstić information content (AvgIpc) is 3.00. The number of likely N-dealkylation sites (N-methyl/N-ethyl adjacent to an activating group) is 1. The Morgan fingerprint density at radius 3 is 2.94 bits per heavy atom. The summed E-state index contributed by atoms with van der Waals surface area (Å²) in [4.78, 5) is 24.6. The van der Waals surface area contributed by atoms with Gasteiger partial charge in [0.05, 0.1) is 5.69 Å². The number of aromatic nitrogens is 1. The summed E-state index contributed by atoms with van der Waals surface area (Å²) in [6.45, 7) is 3.01. The van der Waals surface area contributed by atoms with Crippen LogP contribution in [0.1, 0.15) is 30.3 Å². The maximum absolute atomic E-state index is 12.0. The standard InChI is InChI=1S/C12H16N2O2/c1-2-14(10-5-6-10)12(16)8-13-7-3-4-11(13)9-15/h3-4,7,9-10H,2,5-6,8H2,1H3. The van der Waals surface area contributed by atoms with Gasteiger partial charge in [-0.15, -0.1) is 0 Å². The molecular formula is C12H16N2O2. The number of nitrogens with zero attached hydrogens (tertiary/aromatic N) is 2. The minimum absolute atomic E-state index is 0.101. The first-order chi connectivity index (χ1) is 7.76. The smallest absolute Gasteiger partial charge is 0.242 e. The molecule has 0 spiro atoms. The van der Waals surface area contributed by atoms with Crippen molar-refractivity contribution in [1.29, 1.82) is 0 Å². The lowest BCUT2D eigenvalue weighted by atomic mass is 10.4. The molecule has 1 amide bonds. The van der Waals surface area contributed by atoms with E-state index < -0.39 is 0 Å². The van der Waals surface area contributed by atoms with E-state index in [0.717, 1.165) is 25.7 Å². The largest absolute Gasteiger partial charge is 0.338 e. The fourth-order valence-electron chi connectivity index (χ4n) is 1.94. The average molecular weight is 220 g/mol. The number of aldehydes is 1. The van der Waals surface area contributed by atoms with E-state index >= 15 is 0 Å². The van der Waals surface area contributed by atoms with Gasteiger partial charge in [0.2, 0.25) is 5.91 Å². The molecule has 4 nitrogen and oxygen atoms in total. The van der Waals surface area contributed by atoms with Gasteiger partial charge < -0.3 is 9.47 Å². The molecule has 0 unspecified atom stereocenters. The van der Waals surface area contributed by atoms with Crippen molar-refractivity contribution in [2.75, 3.05) is 6.54 Å². The molecule has 0 saturated heterocycles. The highest BCUT2D eigenvalue weighted by atomic mass is 16.2. The lowest BCUT2D eigenvalue weighted by Gasteiger charge is -2.20. The molecule has 0 bridgehead atoms. The molecule has 86 valence electrons. The topological polar surface area (TPSA) is 42.3 Å². The molecule has 4 heteroatoms. The Balaban J connectivity index is 2.03. The Morgan fingerprint density at radius 1 is 1.62 bits per heavy atom. The predicted molar refractivity (Wildman–Crippen MR) is 60.2 cm³/mol. The van der Waals surface area contributed by atoms with E-state index in [9.17, 15) is 9.59 Å². The van der Waals surface area contributed by atoms with Gasteiger partial charge in [-0.25, -0.2) is 0 Å². The minimum atomic E-state index is 0.101. The Labute approximate surface area is 94.8 Å². The number of rotatable bonds is 5. The van der Waals surface area contributed by atoms with Crippen molar-refractivity contribution in [3.05, 3.63) is 24.0 Å². The van der Waals surface area contributed by atoms with E-state index in [1.54, 1.807) is 22.9 Å². The van der Waals surface area contributed by atoms with Crippen molar-refractivity contribution in [1.82, 2.24) is 9.47 Å². The second-order valence-electron chi connectivity index (χ2n) is 4.09. The summed E-state index contributed by atoms with van der Waals surface area (Å²) in [6, 6.07) is 3.94. The van der Waals surface area contributed by atoms with Crippen LogP contribution in [-0.4, -0.2) is 34.2 Å². The molecule has 0 atom stereocenters. The zero-order chi connectivity index (χ0) is 11.5. The van der Waals surface area contributed by atoms with Gasteiger partial charge in [0.15, 0.2) is 6.29 Å². The van der Waals surface area contributed by atoms with Crippen molar-refractivity contribution >= 4 is 12.2 Å². The third-order valence-corrected chi connectivity index (χ3v) is 2.94. The summed E-state index contributed by atoms with van der Waals surface area (Å²) in [7, 11) is 0.